The topological polar surface area (TPSA) is 49.8 Å². The fourth-order valence-corrected chi connectivity index (χ4v) is 4.63. The lowest BCUT2D eigenvalue weighted by Gasteiger charge is -2.46. The lowest BCUT2D eigenvalue weighted by Crippen LogP contribution is -2.51. The predicted octanol–water partition coefficient (Wildman–Crippen LogP) is 2.91. The van der Waals surface area contributed by atoms with Gasteiger partial charge >= 0.3 is 5.97 Å². The second-order valence-corrected chi connectivity index (χ2v) is 7.58. The van der Waals surface area contributed by atoms with Crippen molar-refractivity contribution in [1.82, 2.24) is 4.90 Å². The first-order valence-electron chi connectivity index (χ1n) is 8.68. The highest BCUT2D eigenvalue weighted by Crippen LogP contribution is 2.45. The molecule has 120 valence electrons. The Morgan fingerprint density at radius 3 is 2.29 bits per heavy atom. The number of hydrogen-bond donors (Lipinski definition) is 1. The molecule has 3 fully saturated rings. The van der Waals surface area contributed by atoms with Gasteiger partial charge in [0, 0.05) is 13.2 Å². The molecule has 4 heteroatoms. The number of piperidine rings is 1. The monoisotopic (exact) mass is 295 g/mol. The van der Waals surface area contributed by atoms with Gasteiger partial charge in [-0.05, 0) is 57.0 Å². The van der Waals surface area contributed by atoms with Crippen LogP contribution in [0, 0.1) is 10.8 Å². The van der Waals surface area contributed by atoms with Crippen LogP contribution in [0.15, 0.2) is 0 Å². The van der Waals surface area contributed by atoms with Gasteiger partial charge in [0.05, 0.1) is 6.61 Å². The predicted molar refractivity (Wildman–Crippen MR) is 81.3 cm³/mol. The number of ether oxygens (including phenoxy) is 1. The molecule has 2 saturated heterocycles. The standard InChI is InChI=1S/C17H29NO3/c19-15(20)17(7-4-12-21-14-17)13-18-10-8-16(9-11-18)5-2-1-3-6-16/h1-14H2,(H,19,20). The molecule has 0 aromatic heterocycles. The maximum Gasteiger partial charge on any atom is 0.313 e. The molecule has 1 aliphatic carbocycles. The summed E-state index contributed by atoms with van der Waals surface area (Å²) in [6.07, 6.45) is 11.2. The number of rotatable bonds is 3. The molecule has 3 aliphatic rings. The summed E-state index contributed by atoms with van der Waals surface area (Å²) in [4.78, 5) is 14.1. The first-order chi connectivity index (χ1) is 10.1. The zero-order valence-electron chi connectivity index (χ0n) is 13.1. The molecule has 1 N–H and O–H groups in total. The molecule has 0 radical (unpaired) electrons. The molecule has 0 aromatic rings. The Hall–Kier alpha value is -0.610. The van der Waals surface area contributed by atoms with Crippen molar-refractivity contribution in [2.24, 2.45) is 10.8 Å². The van der Waals surface area contributed by atoms with Crippen molar-refractivity contribution in [2.45, 2.75) is 57.8 Å². The van der Waals surface area contributed by atoms with Crippen molar-refractivity contribution in [2.75, 3.05) is 32.8 Å². The summed E-state index contributed by atoms with van der Waals surface area (Å²) in [6, 6.07) is 0. The van der Waals surface area contributed by atoms with Crippen molar-refractivity contribution in [3.8, 4) is 0 Å². The van der Waals surface area contributed by atoms with Crippen molar-refractivity contribution >= 4 is 5.97 Å². The molecule has 0 aromatic carbocycles. The fraction of sp³-hybridized carbons (Fsp3) is 0.941. The lowest BCUT2D eigenvalue weighted by atomic mass is 9.68. The van der Waals surface area contributed by atoms with E-state index in [0.29, 0.717) is 18.6 Å². The summed E-state index contributed by atoms with van der Waals surface area (Å²) in [5, 5.41) is 9.65. The zero-order valence-corrected chi connectivity index (χ0v) is 13.1. The molecule has 1 saturated carbocycles. The Labute approximate surface area is 127 Å². The van der Waals surface area contributed by atoms with Gasteiger partial charge < -0.3 is 14.7 Å². The Morgan fingerprint density at radius 1 is 1.00 bits per heavy atom. The van der Waals surface area contributed by atoms with Crippen LogP contribution in [0.3, 0.4) is 0 Å². The minimum absolute atomic E-state index is 0.393. The third kappa shape index (κ3) is 3.26. The smallest absolute Gasteiger partial charge is 0.313 e. The van der Waals surface area contributed by atoms with Crippen LogP contribution in [0.25, 0.3) is 0 Å². The molecular formula is C17H29NO3. The van der Waals surface area contributed by atoms with Gasteiger partial charge in [-0.2, -0.15) is 0 Å². The highest BCUT2D eigenvalue weighted by atomic mass is 16.5. The molecule has 3 rings (SSSR count). The molecule has 0 amide bonds. The van der Waals surface area contributed by atoms with E-state index < -0.39 is 11.4 Å². The molecule has 2 aliphatic heterocycles. The Balaban J connectivity index is 1.57. The van der Waals surface area contributed by atoms with Gasteiger partial charge in [0.25, 0.3) is 0 Å². The van der Waals surface area contributed by atoms with Crippen molar-refractivity contribution in [1.29, 1.82) is 0 Å². The van der Waals surface area contributed by atoms with Gasteiger partial charge in [-0.1, -0.05) is 19.3 Å². The van der Waals surface area contributed by atoms with Crippen molar-refractivity contribution in [3.63, 3.8) is 0 Å². The number of nitrogens with zero attached hydrogens (tertiary/aromatic N) is 1. The first-order valence-corrected chi connectivity index (χ1v) is 8.68. The zero-order chi connectivity index (χ0) is 14.8. The van der Waals surface area contributed by atoms with Crippen LogP contribution in [0.5, 0.6) is 0 Å². The molecule has 0 bridgehead atoms. The van der Waals surface area contributed by atoms with Crippen LogP contribution in [0.4, 0.5) is 0 Å². The third-order valence-corrected chi connectivity index (χ3v) is 6.13. The van der Waals surface area contributed by atoms with Gasteiger partial charge in [-0.15, -0.1) is 0 Å². The summed E-state index contributed by atoms with van der Waals surface area (Å²) >= 11 is 0. The number of likely N-dealkylation sites (tertiary alicyclic amines) is 1. The first kappa shape index (κ1) is 15.3. The van der Waals surface area contributed by atoms with Crippen LogP contribution in [-0.2, 0) is 9.53 Å². The van der Waals surface area contributed by atoms with E-state index in [0.717, 1.165) is 32.5 Å². The van der Waals surface area contributed by atoms with Gasteiger partial charge in [-0.25, -0.2) is 0 Å². The van der Waals surface area contributed by atoms with Crippen LogP contribution in [0.2, 0.25) is 0 Å². The Bertz CT molecular complexity index is 360. The van der Waals surface area contributed by atoms with E-state index >= 15 is 0 Å². The number of hydrogen-bond acceptors (Lipinski definition) is 3. The van der Waals surface area contributed by atoms with E-state index in [1.807, 2.05) is 0 Å². The summed E-state index contributed by atoms with van der Waals surface area (Å²) in [5.74, 6) is -0.667. The Morgan fingerprint density at radius 2 is 1.71 bits per heavy atom. The second-order valence-electron chi connectivity index (χ2n) is 7.58. The van der Waals surface area contributed by atoms with Crippen LogP contribution < -0.4 is 0 Å². The molecule has 2 heterocycles. The summed E-state index contributed by atoms with van der Waals surface area (Å²) in [7, 11) is 0. The lowest BCUT2D eigenvalue weighted by molar-refractivity contribution is -0.160. The van der Waals surface area contributed by atoms with Gasteiger partial charge in [0.15, 0.2) is 0 Å². The summed E-state index contributed by atoms with van der Waals surface area (Å²) in [6.45, 7) is 3.95. The number of carbonyl (C=O) groups is 1. The molecule has 1 spiro atoms. The minimum Gasteiger partial charge on any atom is -0.481 e. The second kappa shape index (κ2) is 6.25. The van der Waals surface area contributed by atoms with Crippen LogP contribution in [-0.4, -0.2) is 48.8 Å². The summed E-state index contributed by atoms with van der Waals surface area (Å²) in [5.41, 5.74) is -0.0660. The number of carboxylic acids is 1. The van der Waals surface area contributed by atoms with E-state index in [1.165, 1.54) is 44.9 Å². The van der Waals surface area contributed by atoms with Gasteiger partial charge in [0.2, 0.25) is 0 Å². The molecule has 1 unspecified atom stereocenters. The SMILES string of the molecule is O=C(O)C1(CN2CCC3(CCCCC3)CC2)CCCOC1. The molecule has 21 heavy (non-hydrogen) atoms. The normalized spacial score (nSPS) is 33.9. The third-order valence-electron chi connectivity index (χ3n) is 6.13. The summed E-state index contributed by atoms with van der Waals surface area (Å²) < 4.78 is 5.49. The molecule has 4 nitrogen and oxygen atoms in total. The Kier molecular flexibility index (Phi) is 4.55. The number of aliphatic carboxylic acids is 1. The highest BCUT2D eigenvalue weighted by Gasteiger charge is 2.44. The molecule has 1 atom stereocenters. The maximum atomic E-state index is 11.7. The van der Waals surface area contributed by atoms with E-state index in [4.69, 9.17) is 4.74 Å². The highest BCUT2D eigenvalue weighted by molar-refractivity contribution is 5.75. The number of carboxylic acid groups (broad SMARTS) is 1. The van der Waals surface area contributed by atoms with E-state index in [-0.39, 0.29) is 0 Å². The largest absolute Gasteiger partial charge is 0.481 e. The maximum absolute atomic E-state index is 11.7. The van der Waals surface area contributed by atoms with E-state index in [2.05, 4.69) is 4.90 Å². The van der Waals surface area contributed by atoms with Crippen molar-refractivity contribution in [3.05, 3.63) is 0 Å². The van der Waals surface area contributed by atoms with Gasteiger partial charge in [0.1, 0.15) is 5.41 Å². The van der Waals surface area contributed by atoms with Crippen LogP contribution >= 0.6 is 0 Å². The fourth-order valence-electron chi connectivity index (χ4n) is 4.63. The molecular weight excluding hydrogens is 266 g/mol. The van der Waals surface area contributed by atoms with Crippen LogP contribution in [0.1, 0.15) is 57.8 Å². The van der Waals surface area contributed by atoms with E-state index in [9.17, 15) is 9.90 Å². The minimum atomic E-state index is -0.667. The van der Waals surface area contributed by atoms with E-state index in [1.54, 1.807) is 0 Å². The quantitative estimate of drug-likeness (QED) is 0.870. The van der Waals surface area contributed by atoms with Crippen molar-refractivity contribution < 1.29 is 14.6 Å². The average molecular weight is 295 g/mol. The average Bonchev–Trinajstić information content (AvgIpc) is 2.52. The van der Waals surface area contributed by atoms with Gasteiger partial charge in [-0.3, -0.25) is 4.79 Å².